The van der Waals surface area contributed by atoms with E-state index in [2.05, 4.69) is 5.32 Å². The number of benzene rings is 2. The average Bonchev–Trinajstić information content (AvgIpc) is 2.66. The molecule has 2 aromatic rings. The summed E-state index contributed by atoms with van der Waals surface area (Å²) in [6.45, 7) is 3.62. The van der Waals surface area contributed by atoms with E-state index in [-0.39, 0.29) is 24.8 Å². The number of amides is 2. The number of hydrogen-bond acceptors (Lipinski definition) is 5. The molecule has 7 heteroatoms. The molecule has 28 heavy (non-hydrogen) atoms. The molecule has 0 bridgehead atoms. The molecule has 2 aromatic carbocycles. The second-order valence-corrected chi connectivity index (χ2v) is 6.22. The van der Waals surface area contributed by atoms with Gasteiger partial charge in [0, 0.05) is 37.7 Å². The molecule has 0 saturated heterocycles. The lowest BCUT2D eigenvalue weighted by atomic mass is 10.2. The fraction of sp³-hybridized carbons (Fsp3) is 0.333. The van der Waals surface area contributed by atoms with Gasteiger partial charge in [0.2, 0.25) is 17.6 Å². The van der Waals surface area contributed by atoms with Crippen LogP contribution in [0, 0.1) is 6.92 Å². The van der Waals surface area contributed by atoms with E-state index >= 15 is 0 Å². The van der Waals surface area contributed by atoms with Crippen molar-refractivity contribution in [1.29, 1.82) is 0 Å². The number of nitrogens with zero attached hydrogens (tertiary/aromatic N) is 1. The third-order valence-corrected chi connectivity index (χ3v) is 4.21. The van der Waals surface area contributed by atoms with Crippen molar-refractivity contribution in [3.05, 3.63) is 42.0 Å². The van der Waals surface area contributed by atoms with Gasteiger partial charge >= 0.3 is 0 Å². The second kappa shape index (κ2) is 9.64. The van der Waals surface area contributed by atoms with Crippen molar-refractivity contribution in [3.63, 3.8) is 0 Å². The van der Waals surface area contributed by atoms with E-state index in [0.29, 0.717) is 22.9 Å². The van der Waals surface area contributed by atoms with Crippen molar-refractivity contribution >= 4 is 23.2 Å². The molecule has 0 fully saturated rings. The molecule has 0 heterocycles. The molecule has 0 unspecified atom stereocenters. The number of nitrogens with one attached hydrogen (secondary N) is 1. The summed E-state index contributed by atoms with van der Waals surface area (Å²) in [5, 5.41) is 2.85. The Kier molecular flexibility index (Phi) is 7.26. The Labute approximate surface area is 165 Å². The van der Waals surface area contributed by atoms with Crippen LogP contribution in [0.3, 0.4) is 0 Å². The van der Waals surface area contributed by atoms with Gasteiger partial charge in [-0.25, -0.2) is 0 Å². The van der Waals surface area contributed by atoms with Gasteiger partial charge in [0.15, 0.2) is 11.5 Å². The number of rotatable bonds is 8. The zero-order chi connectivity index (χ0) is 20.7. The molecular weight excluding hydrogens is 360 g/mol. The van der Waals surface area contributed by atoms with E-state index in [1.807, 2.05) is 31.2 Å². The zero-order valence-corrected chi connectivity index (χ0v) is 16.9. The van der Waals surface area contributed by atoms with Gasteiger partial charge < -0.3 is 24.4 Å². The van der Waals surface area contributed by atoms with E-state index in [4.69, 9.17) is 14.2 Å². The maximum Gasteiger partial charge on any atom is 0.226 e. The van der Waals surface area contributed by atoms with Crippen LogP contribution in [0.25, 0.3) is 0 Å². The summed E-state index contributed by atoms with van der Waals surface area (Å²) in [5.41, 5.74) is 2.35. The topological polar surface area (TPSA) is 77.1 Å². The normalized spacial score (nSPS) is 10.2. The highest BCUT2D eigenvalue weighted by Gasteiger charge is 2.19. The fourth-order valence-corrected chi connectivity index (χ4v) is 2.85. The van der Waals surface area contributed by atoms with Crippen LogP contribution in [0.2, 0.25) is 0 Å². The van der Waals surface area contributed by atoms with Gasteiger partial charge in [0.25, 0.3) is 0 Å². The van der Waals surface area contributed by atoms with Crippen LogP contribution in [0.1, 0.15) is 18.9 Å². The molecular formula is C21H26N2O5. The van der Waals surface area contributed by atoms with E-state index in [1.165, 1.54) is 33.2 Å². The highest BCUT2D eigenvalue weighted by atomic mass is 16.5. The van der Waals surface area contributed by atoms with Crippen molar-refractivity contribution in [2.75, 3.05) is 38.1 Å². The lowest BCUT2D eigenvalue weighted by molar-refractivity contribution is -0.117. The molecule has 0 atom stereocenters. The van der Waals surface area contributed by atoms with Gasteiger partial charge in [-0.15, -0.1) is 0 Å². The molecule has 7 nitrogen and oxygen atoms in total. The summed E-state index contributed by atoms with van der Waals surface area (Å²) in [4.78, 5) is 26.0. The van der Waals surface area contributed by atoms with Crippen LogP contribution in [0.5, 0.6) is 17.2 Å². The minimum absolute atomic E-state index is 0.143. The fourth-order valence-electron chi connectivity index (χ4n) is 2.85. The molecule has 0 aliphatic carbocycles. The summed E-state index contributed by atoms with van der Waals surface area (Å²) >= 11 is 0. The average molecular weight is 386 g/mol. The summed E-state index contributed by atoms with van der Waals surface area (Å²) in [7, 11) is 4.53. The lowest BCUT2D eigenvalue weighted by Crippen LogP contribution is -2.32. The molecule has 0 saturated carbocycles. The predicted octanol–water partition coefficient (Wildman–Crippen LogP) is 3.40. The number of ether oxygens (including phenoxy) is 3. The van der Waals surface area contributed by atoms with Crippen LogP contribution in [0.4, 0.5) is 11.4 Å². The number of aryl methyl sites for hydroxylation is 1. The minimum atomic E-state index is -0.197. The van der Waals surface area contributed by atoms with Crippen LogP contribution in [0.15, 0.2) is 36.4 Å². The first-order chi connectivity index (χ1) is 13.4. The third-order valence-electron chi connectivity index (χ3n) is 4.21. The summed E-state index contributed by atoms with van der Waals surface area (Å²) in [6.07, 6.45) is 0.143. The molecule has 1 N–H and O–H groups in total. The summed E-state index contributed by atoms with van der Waals surface area (Å²) < 4.78 is 16.0. The first-order valence-corrected chi connectivity index (χ1v) is 8.84. The molecule has 0 radical (unpaired) electrons. The molecule has 2 amide bonds. The molecule has 0 spiro atoms. The Morgan fingerprint density at radius 1 is 1.00 bits per heavy atom. The van der Waals surface area contributed by atoms with Gasteiger partial charge in [0.05, 0.1) is 27.0 Å². The van der Waals surface area contributed by atoms with Crippen LogP contribution >= 0.6 is 0 Å². The first-order valence-electron chi connectivity index (χ1n) is 8.84. The van der Waals surface area contributed by atoms with Crippen LogP contribution in [-0.2, 0) is 9.59 Å². The van der Waals surface area contributed by atoms with Gasteiger partial charge in [-0.2, -0.15) is 0 Å². The molecule has 0 aliphatic heterocycles. The number of anilines is 2. The highest BCUT2D eigenvalue weighted by molar-refractivity contribution is 5.95. The summed E-state index contributed by atoms with van der Waals surface area (Å²) in [5.74, 6) is 0.941. The SMILES string of the molecule is COc1cc(N(CCC(=O)Nc2cccc(C)c2)C(C)=O)cc(OC)c1OC. The first kappa shape index (κ1) is 21.1. The molecule has 0 aliphatic rings. The smallest absolute Gasteiger partial charge is 0.226 e. The Morgan fingerprint density at radius 2 is 1.64 bits per heavy atom. The van der Waals surface area contributed by atoms with E-state index in [1.54, 1.807) is 12.1 Å². The number of carbonyl (C=O) groups excluding carboxylic acids is 2. The zero-order valence-electron chi connectivity index (χ0n) is 16.9. The van der Waals surface area contributed by atoms with Crippen molar-refractivity contribution < 1.29 is 23.8 Å². The van der Waals surface area contributed by atoms with Crippen molar-refractivity contribution in [2.24, 2.45) is 0 Å². The predicted molar refractivity (Wildman–Crippen MR) is 109 cm³/mol. The van der Waals surface area contributed by atoms with Crippen molar-refractivity contribution in [1.82, 2.24) is 0 Å². The van der Waals surface area contributed by atoms with Crippen molar-refractivity contribution in [2.45, 2.75) is 20.3 Å². The van der Waals surface area contributed by atoms with Gasteiger partial charge in [-0.1, -0.05) is 12.1 Å². The largest absolute Gasteiger partial charge is 0.493 e. The number of methoxy groups -OCH3 is 3. The molecule has 150 valence electrons. The number of carbonyl (C=O) groups is 2. The summed E-state index contributed by atoms with van der Waals surface area (Å²) in [6, 6.07) is 10.9. The van der Waals surface area contributed by atoms with Gasteiger partial charge in [-0.05, 0) is 24.6 Å². The Hall–Kier alpha value is -3.22. The van der Waals surface area contributed by atoms with Gasteiger partial charge in [-0.3, -0.25) is 9.59 Å². The minimum Gasteiger partial charge on any atom is -0.493 e. The maximum absolute atomic E-state index is 12.3. The monoisotopic (exact) mass is 386 g/mol. The molecule has 0 aromatic heterocycles. The Balaban J connectivity index is 2.17. The standard InChI is InChI=1S/C21H26N2O5/c1-14-7-6-8-16(11-14)22-20(25)9-10-23(15(2)24)17-12-18(26-3)21(28-5)19(13-17)27-4/h6-8,11-13H,9-10H2,1-5H3,(H,22,25). The third kappa shape index (κ3) is 5.16. The lowest BCUT2D eigenvalue weighted by Gasteiger charge is -2.23. The Bertz CT molecular complexity index is 825. The van der Waals surface area contributed by atoms with Crippen molar-refractivity contribution in [3.8, 4) is 17.2 Å². The molecule has 2 rings (SSSR count). The Morgan fingerprint density at radius 3 is 2.14 bits per heavy atom. The van der Waals surface area contributed by atoms with E-state index in [0.717, 1.165) is 11.3 Å². The highest BCUT2D eigenvalue weighted by Crippen LogP contribution is 2.41. The maximum atomic E-state index is 12.3. The second-order valence-electron chi connectivity index (χ2n) is 6.22. The van der Waals surface area contributed by atoms with E-state index < -0.39 is 0 Å². The number of hydrogen-bond donors (Lipinski definition) is 1. The van der Waals surface area contributed by atoms with Gasteiger partial charge in [0.1, 0.15) is 0 Å². The van der Waals surface area contributed by atoms with Crippen LogP contribution in [-0.4, -0.2) is 39.7 Å². The quantitative estimate of drug-likeness (QED) is 0.752. The van der Waals surface area contributed by atoms with Crippen LogP contribution < -0.4 is 24.4 Å². The van der Waals surface area contributed by atoms with E-state index in [9.17, 15) is 9.59 Å².